The number of imidazole rings is 1. The first-order valence-corrected chi connectivity index (χ1v) is 17.4. The molecule has 0 aliphatic carbocycles. The molecule has 0 fully saturated rings. The predicted octanol–water partition coefficient (Wildman–Crippen LogP) is 10.4. The van der Waals surface area contributed by atoms with E-state index < -0.39 is 0 Å². The van der Waals surface area contributed by atoms with E-state index in [0.717, 1.165) is 33.9 Å². The van der Waals surface area contributed by atoms with E-state index in [0.29, 0.717) is 49.9 Å². The lowest BCUT2D eigenvalue weighted by Gasteiger charge is -2.11. The smallest absolute Gasteiger partial charge is 0.278 e. The number of aryl methyl sites for hydroxylation is 1. The van der Waals surface area contributed by atoms with Gasteiger partial charge in [-0.25, -0.2) is 4.98 Å². The molecule has 53 heavy (non-hydrogen) atoms. The molecule has 4 heterocycles. The fourth-order valence-corrected chi connectivity index (χ4v) is 6.23. The summed E-state index contributed by atoms with van der Waals surface area (Å²) in [5.41, 5.74) is 7.18. The molecule has 0 amide bonds. The molecule has 0 bridgehead atoms. The van der Waals surface area contributed by atoms with Crippen molar-refractivity contribution in [2.75, 3.05) is 0 Å². The van der Waals surface area contributed by atoms with Crippen molar-refractivity contribution in [3.05, 3.63) is 177 Å². The van der Waals surface area contributed by atoms with E-state index in [-0.39, 0.29) is 5.91 Å². The molecule has 0 aliphatic rings. The van der Waals surface area contributed by atoms with Crippen molar-refractivity contribution in [3.63, 3.8) is 0 Å². The number of rotatable bonds is 7. The molecule has 4 aromatic heterocycles. The Morgan fingerprint density at radius 2 is 1.47 bits per heavy atom. The van der Waals surface area contributed by atoms with Gasteiger partial charge in [0.25, 0.3) is 5.91 Å². The molecule has 0 atom stereocenters. The molecule has 12 heteroatoms. The van der Waals surface area contributed by atoms with E-state index in [2.05, 4.69) is 21.3 Å². The number of nitriles is 1. The summed E-state index contributed by atoms with van der Waals surface area (Å²) in [5, 5.41) is 19.6. The monoisotopic (exact) mass is 755 g/mol. The summed E-state index contributed by atoms with van der Waals surface area (Å²) in [6.45, 7) is 2.57. The van der Waals surface area contributed by atoms with Crippen molar-refractivity contribution in [1.29, 1.82) is 5.26 Å². The van der Waals surface area contributed by atoms with E-state index in [9.17, 15) is 10.1 Å². The van der Waals surface area contributed by atoms with Crippen molar-refractivity contribution < 1.29 is 9.53 Å². The number of halogens is 3. The van der Waals surface area contributed by atoms with Gasteiger partial charge in [-0.1, -0.05) is 59.1 Å². The minimum Gasteiger partial charge on any atom is -0.456 e. The number of carbonyl (C=O) groups is 1. The molecule has 260 valence electrons. The Morgan fingerprint density at radius 1 is 0.774 bits per heavy atom. The number of nitrogens with zero attached hydrogens (tertiary/aromatic N) is 7. The second-order valence-electron chi connectivity index (χ2n) is 11.8. The van der Waals surface area contributed by atoms with Crippen LogP contribution in [0.2, 0.25) is 15.1 Å². The Bertz CT molecular complexity index is 2580. The quantitative estimate of drug-likeness (QED) is 0.160. The van der Waals surface area contributed by atoms with Gasteiger partial charge in [0.15, 0.2) is 0 Å². The molecule has 0 saturated carbocycles. The van der Waals surface area contributed by atoms with Crippen LogP contribution >= 0.6 is 34.8 Å². The standard InChI is InChI=1S/C23H15Cl2N3O.C18H13ClN4O/c24-18-8-4-16(5-9-18)15-28-22(12-13-27-28)17-6-10-19(11-7-17)29-23-3-1-2-21(25)20(23)14-26;1-12-17(22-11-3-2-4-16(22)21-12)15-9-10-20-23(15)18(24)13-5-7-14(19)8-6-13/h1-13H,15H2;2-11H,1H3. The zero-order valence-electron chi connectivity index (χ0n) is 28.1. The predicted molar refractivity (Wildman–Crippen MR) is 207 cm³/mol. The highest BCUT2D eigenvalue weighted by molar-refractivity contribution is 6.32. The van der Waals surface area contributed by atoms with Crippen LogP contribution in [0.1, 0.15) is 27.2 Å². The van der Waals surface area contributed by atoms with Gasteiger partial charge in [-0.2, -0.15) is 20.1 Å². The molecule has 0 spiro atoms. The summed E-state index contributed by atoms with van der Waals surface area (Å²) in [5.74, 6) is 0.841. The summed E-state index contributed by atoms with van der Waals surface area (Å²) in [4.78, 5) is 17.4. The van der Waals surface area contributed by atoms with Crippen molar-refractivity contribution in [2.24, 2.45) is 0 Å². The van der Waals surface area contributed by atoms with Gasteiger partial charge in [0, 0.05) is 33.6 Å². The van der Waals surface area contributed by atoms with Crippen LogP contribution in [-0.2, 0) is 6.54 Å². The molecular formula is C41H28Cl3N7O2. The van der Waals surface area contributed by atoms with E-state index in [1.54, 1.807) is 54.9 Å². The summed E-state index contributed by atoms with van der Waals surface area (Å²) in [6.07, 6.45) is 5.32. The van der Waals surface area contributed by atoms with Crippen molar-refractivity contribution in [3.8, 4) is 40.2 Å². The molecular weight excluding hydrogens is 729 g/mol. The average molecular weight is 757 g/mol. The second kappa shape index (κ2) is 15.6. The van der Waals surface area contributed by atoms with Crippen molar-refractivity contribution in [2.45, 2.75) is 13.5 Å². The highest BCUT2D eigenvalue weighted by Crippen LogP contribution is 2.31. The van der Waals surface area contributed by atoms with Crippen molar-refractivity contribution in [1.82, 2.24) is 28.9 Å². The fourth-order valence-electron chi connectivity index (χ4n) is 5.77. The molecule has 0 N–H and O–H groups in total. The van der Waals surface area contributed by atoms with Gasteiger partial charge < -0.3 is 4.74 Å². The van der Waals surface area contributed by atoms with Gasteiger partial charge in [-0.15, -0.1) is 0 Å². The summed E-state index contributed by atoms with van der Waals surface area (Å²) in [7, 11) is 0. The van der Waals surface area contributed by atoms with E-state index in [4.69, 9.17) is 39.5 Å². The third kappa shape index (κ3) is 7.71. The Balaban J connectivity index is 0.000000167. The zero-order chi connectivity index (χ0) is 36.9. The van der Waals surface area contributed by atoms with Crippen LogP contribution in [0.15, 0.2) is 140 Å². The SMILES string of the molecule is Cc1nc2ccccn2c1-c1ccnn1C(=O)c1ccc(Cl)cc1.N#Cc1c(Cl)cccc1Oc1ccc(-c2ccnn2Cc2ccc(Cl)cc2)cc1. The lowest BCUT2D eigenvalue weighted by molar-refractivity contribution is 0.0947. The zero-order valence-corrected chi connectivity index (χ0v) is 30.3. The maximum absolute atomic E-state index is 12.8. The normalized spacial score (nSPS) is 10.8. The third-order valence-corrected chi connectivity index (χ3v) is 9.12. The highest BCUT2D eigenvalue weighted by Gasteiger charge is 2.20. The number of hydrogen-bond acceptors (Lipinski definition) is 6. The maximum atomic E-state index is 12.8. The third-order valence-electron chi connectivity index (χ3n) is 8.30. The van der Waals surface area contributed by atoms with Crippen LogP contribution in [0, 0.1) is 18.3 Å². The maximum Gasteiger partial charge on any atom is 0.278 e. The lowest BCUT2D eigenvalue weighted by atomic mass is 10.1. The first-order chi connectivity index (χ1) is 25.8. The van der Waals surface area contributed by atoms with Crippen LogP contribution in [0.4, 0.5) is 0 Å². The van der Waals surface area contributed by atoms with Crippen LogP contribution in [0.25, 0.3) is 28.3 Å². The van der Waals surface area contributed by atoms with Crippen LogP contribution in [-0.4, -0.2) is 34.9 Å². The number of fused-ring (bicyclic) bond motifs is 1. The summed E-state index contributed by atoms with van der Waals surface area (Å²) < 4.78 is 11.1. The van der Waals surface area contributed by atoms with Gasteiger partial charge in [0.2, 0.25) is 0 Å². The Kier molecular flexibility index (Phi) is 10.4. The number of pyridine rings is 1. The van der Waals surface area contributed by atoms with E-state index in [1.165, 1.54) is 4.68 Å². The number of benzene rings is 4. The molecule has 0 unspecified atom stereocenters. The second-order valence-corrected chi connectivity index (χ2v) is 13.0. The minimum absolute atomic E-state index is 0.211. The Labute approximate surface area is 319 Å². The molecule has 9 nitrogen and oxygen atoms in total. The molecule has 0 aliphatic heterocycles. The van der Waals surface area contributed by atoms with Gasteiger partial charge in [-0.3, -0.25) is 13.9 Å². The lowest BCUT2D eigenvalue weighted by Crippen LogP contribution is -2.15. The molecule has 4 aromatic carbocycles. The van der Waals surface area contributed by atoms with Crippen LogP contribution in [0.5, 0.6) is 11.5 Å². The Morgan fingerprint density at radius 3 is 2.21 bits per heavy atom. The Hall–Kier alpha value is -6.18. The molecule has 0 radical (unpaired) electrons. The van der Waals surface area contributed by atoms with Crippen LogP contribution < -0.4 is 4.74 Å². The largest absolute Gasteiger partial charge is 0.456 e. The number of carbonyl (C=O) groups excluding carboxylic acids is 1. The first-order valence-electron chi connectivity index (χ1n) is 16.3. The van der Waals surface area contributed by atoms with Gasteiger partial charge in [0.1, 0.15) is 28.8 Å². The fraction of sp³-hybridized carbons (Fsp3) is 0.0488. The number of hydrogen-bond donors (Lipinski definition) is 0. The topological polar surface area (TPSA) is 103 Å². The molecule has 8 rings (SSSR count). The summed E-state index contributed by atoms with van der Waals surface area (Å²) >= 11 is 17.9. The number of aromatic nitrogens is 6. The summed E-state index contributed by atoms with van der Waals surface area (Å²) in [6, 6.07) is 38.9. The van der Waals surface area contributed by atoms with Crippen LogP contribution in [0.3, 0.4) is 0 Å². The van der Waals surface area contributed by atoms with Gasteiger partial charge in [0.05, 0.1) is 40.5 Å². The molecule has 8 aromatic rings. The number of ether oxygens (including phenoxy) is 1. The van der Waals surface area contributed by atoms with Crippen molar-refractivity contribution >= 4 is 46.4 Å². The highest BCUT2D eigenvalue weighted by atomic mass is 35.5. The minimum atomic E-state index is -0.211. The van der Waals surface area contributed by atoms with E-state index >= 15 is 0 Å². The first kappa shape index (κ1) is 35.2. The average Bonchev–Trinajstić information content (AvgIpc) is 3.92. The van der Waals surface area contributed by atoms with E-state index in [1.807, 2.05) is 101 Å². The molecule has 0 saturated heterocycles. The van der Waals surface area contributed by atoms with Gasteiger partial charge in [-0.05, 0) is 110 Å². The van der Waals surface area contributed by atoms with Gasteiger partial charge >= 0.3 is 0 Å².